The number of nitrogens with one attached hydrogen (secondary N) is 1. The van der Waals surface area contributed by atoms with E-state index in [9.17, 15) is 4.79 Å². The quantitative estimate of drug-likeness (QED) is 0.571. The fourth-order valence-electron chi connectivity index (χ4n) is 1.52. The van der Waals surface area contributed by atoms with Crippen molar-refractivity contribution in [2.75, 3.05) is 18.1 Å². The number of aromatic nitrogens is 2. The number of benzene rings is 1. The lowest BCUT2D eigenvalue weighted by Crippen LogP contribution is -2.07. The number of thioether (sulfide) groups is 1. The molecule has 0 aliphatic rings. The van der Waals surface area contributed by atoms with Gasteiger partial charge in [0.1, 0.15) is 0 Å². The Morgan fingerprint density at radius 3 is 3.06 bits per heavy atom. The van der Waals surface area contributed by atoms with Crippen molar-refractivity contribution in [3.8, 4) is 0 Å². The van der Waals surface area contributed by atoms with Crippen LogP contribution in [-0.2, 0) is 0 Å². The number of nitrogens with two attached hydrogens (primary N) is 1. The fraction of sp³-hybridized carbons (Fsp3) is 0.333. The van der Waals surface area contributed by atoms with Crippen LogP contribution in [0.4, 0.5) is 5.69 Å². The van der Waals surface area contributed by atoms with Crippen LogP contribution in [0.2, 0.25) is 0 Å². The van der Waals surface area contributed by atoms with E-state index in [1.807, 2.05) is 13.0 Å². The molecule has 0 bridgehead atoms. The largest absolute Gasteiger partial charge is 0.398 e. The Bertz CT molecular complexity index is 612. The highest BCUT2D eigenvalue weighted by Crippen LogP contribution is 2.29. The summed E-state index contributed by atoms with van der Waals surface area (Å²) in [6.07, 6.45) is 1.38. The number of nitrogen functional groups attached to an aromatic ring is 1. The molecule has 6 heteroatoms. The van der Waals surface area contributed by atoms with Gasteiger partial charge in [-0.15, -0.1) is 11.8 Å². The fourth-order valence-corrected chi connectivity index (χ4v) is 2.51. The number of rotatable bonds is 4. The van der Waals surface area contributed by atoms with Crippen molar-refractivity contribution in [2.24, 2.45) is 5.92 Å². The van der Waals surface area contributed by atoms with Crippen molar-refractivity contribution >= 4 is 28.4 Å². The second-order valence-corrected chi connectivity index (χ2v) is 5.30. The first-order valence-electron chi connectivity index (χ1n) is 5.62. The first-order valence-corrected chi connectivity index (χ1v) is 6.61. The Kier molecular flexibility index (Phi) is 3.88. The third kappa shape index (κ3) is 2.65. The van der Waals surface area contributed by atoms with E-state index in [0.29, 0.717) is 16.6 Å². The van der Waals surface area contributed by atoms with Gasteiger partial charge in [-0.3, -0.25) is 4.79 Å². The van der Waals surface area contributed by atoms with E-state index >= 15 is 0 Å². The molecule has 4 N–H and O–H groups in total. The number of H-pyrrole nitrogens is 1. The smallest absolute Gasteiger partial charge is 0.258 e. The zero-order valence-corrected chi connectivity index (χ0v) is 10.8. The minimum Gasteiger partial charge on any atom is -0.398 e. The summed E-state index contributed by atoms with van der Waals surface area (Å²) in [6, 6.07) is 3.46. The van der Waals surface area contributed by atoms with E-state index in [-0.39, 0.29) is 18.1 Å². The number of fused-ring (bicyclic) bond motifs is 1. The molecule has 1 aromatic heterocycles. The third-order valence-electron chi connectivity index (χ3n) is 2.61. The molecule has 2 aromatic rings. The summed E-state index contributed by atoms with van der Waals surface area (Å²) in [5.74, 6) is 0.979. The molecule has 0 radical (unpaired) electrons. The molecule has 18 heavy (non-hydrogen) atoms. The number of aliphatic hydroxyl groups excluding tert-OH is 1. The topological polar surface area (TPSA) is 92.0 Å². The van der Waals surface area contributed by atoms with E-state index in [1.165, 1.54) is 6.33 Å². The Morgan fingerprint density at radius 1 is 1.56 bits per heavy atom. The minimum absolute atomic E-state index is 0.151. The highest BCUT2D eigenvalue weighted by atomic mass is 32.2. The van der Waals surface area contributed by atoms with Gasteiger partial charge in [0.05, 0.1) is 17.2 Å². The molecule has 1 aromatic carbocycles. The van der Waals surface area contributed by atoms with Gasteiger partial charge in [-0.25, -0.2) is 4.98 Å². The van der Waals surface area contributed by atoms with Gasteiger partial charge in [-0.05, 0) is 18.1 Å². The van der Waals surface area contributed by atoms with Crippen molar-refractivity contribution in [1.82, 2.24) is 9.97 Å². The third-order valence-corrected chi connectivity index (χ3v) is 4.01. The van der Waals surface area contributed by atoms with Gasteiger partial charge < -0.3 is 15.8 Å². The van der Waals surface area contributed by atoms with Crippen LogP contribution >= 0.6 is 11.8 Å². The zero-order chi connectivity index (χ0) is 13.1. The molecule has 1 heterocycles. The predicted molar refractivity (Wildman–Crippen MR) is 73.7 cm³/mol. The van der Waals surface area contributed by atoms with Gasteiger partial charge in [0, 0.05) is 22.9 Å². The van der Waals surface area contributed by atoms with Gasteiger partial charge in [0.2, 0.25) is 0 Å². The van der Waals surface area contributed by atoms with Crippen LogP contribution < -0.4 is 11.3 Å². The molecule has 0 saturated heterocycles. The first-order chi connectivity index (χ1) is 8.61. The van der Waals surface area contributed by atoms with Crippen LogP contribution in [0.25, 0.3) is 10.9 Å². The normalized spacial score (nSPS) is 12.8. The van der Waals surface area contributed by atoms with E-state index in [1.54, 1.807) is 17.8 Å². The van der Waals surface area contributed by atoms with Crippen LogP contribution in [0, 0.1) is 5.92 Å². The Hall–Kier alpha value is -1.53. The van der Waals surface area contributed by atoms with Crippen molar-refractivity contribution in [2.45, 2.75) is 11.8 Å². The number of anilines is 1. The lowest BCUT2D eigenvalue weighted by atomic mass is 10.2. The maximum atomic E-state index is 11.6. The van der Waals surface area contributed by atoms with Crippen molar-refractivity contribution in [3.63, 3.8) is 0 Å². The molecule has 0 amide bonds. The maximum Gasteiger partial charge on any atom is 0.258 e. The Labute approximate surface area is 108 Å². The second kappa shape index (κ2) is 5.41. The van der Waals surface area contributed by atoms with E-state index < -0.39 is 0 Å². The Morgan fingerprint density at radius 2 is 2.33 bits per heavy atom. The summed E-state index contributed by atoms with van der Waals surface area (Å²) in [4.78, 5) is 19.1. The summed E-state index contributed by atoms with van der Waals surface area (Å²) in [5, 5.41) is 9.48. The van der Waals surface area contributed by atoms with Gasteiger partial charge in [-0.2, -0.15) is 0 Å². The average molecular weight is 265 g/mol. The molecule has 0 aliphatic carbocycles. The summed E-state index contributed by atoms with van der Waals surface area (Å²) in [7, 11) is 0. The van der Waals surface area contributed by atoms with Crippen molar-refractivity contribution in [1.29, 1.82) is 0 Å². The SMILES string of the molecule is CC(CO)CSc1cc2nc[nH]c(=O)c2cc1N. The van der Waals surface area contributed by atoms with Gasteiger partial charge in [0.15, 0.2) is 0 Å². The van der Waals surface area contributed by atoms with Crippen molar-refractivity contribution in [3.05, 3.63) is 28.8 Å². The lowest BCUT2D eigenvalue weighted by Gasteiger charge is -2.09. The van der Waals surface area contributed by atoms with Crippen LogP contribution in [-0.4, -0.2) is 27.4 Å². The first kappa shape index (κ1) is 12.9. The van der Waals surface area contributed by atoms with E-state index in [2.05, 4.69) is 9.97 Å². The molecule has 1 atom stereocenters. The predicted octanol–water partition coefficient (Wildman–Crippen LogP) is 1.23. The summed E-state index contributed by atoms with van der Waals surface area (Å²) >= 11 is 1.56. The molecule has 2 rings (SSSR count). The monoisotopic (exact) mass is 265 g/mol. The summed E-state index contributed by atoms with van der Waals surface area (Å²) in [5.41, 5.74) is 6.93. The molecular formula is C12H15N3O2S. The van der Waals surface area contributed by atoms with Crippen LogP contribution in [0.15, 0.2) is 28.2 Å². The zero-order valence-electron chi connectivity index (χ0n) is 10.0. The molecule has 0 spiro atoms. The summed E-state index contributed by atoms with van der Waals surface area (Å²) in [6.45, 7) is 2.12. The molecule has 0 saturated carbocycles. The molecule has 0 fully saturated rings. The molecule has 1 unspecified atom stereocenters. The maximum absolute atomic E-state index is 11.6. The number of aromatic amines is 1. The van der Waals surface area contributed by atoms with Gasteiger partial charge in [-0.1, -0.05) is 6.92 Å². The molecule has 96 valence electrons. The highest BCUT2D eigenvalue weighted by molar-refractivity contribution is 7.99. The number of hydrogen-bond acceptors (Lipinski definition) is 5. The number of hydrogen-bond donors (Lipinski definition) is 3. The summed E-state index contributed by atoms with van der Waals surface area (Å²) < 4.78 is 0. The van der Waals surface area contributed by atoms with Crippen LogP contribution in [0.3, 0.4) is 0 Å². The number of aliphatic hydroxyl groups is 1. The number of nitrogens with zero attached hydrogens (tertiary/aromatic N) is 1. The van der Waals surface area contributed by atoms with Crippen molar-refractivity contribution < 1.29 is 5.11 Å². The van der Waals surface area contributed by atoms with Gasteiger partial charge >= 0.3 is 0 Å². The molecular weight excluding hydrogens is 250 g/mol. The Balaban J connectivity index is 2.35. The average Bonchev–Trinajstić information content (AvgIpc) is 2.37. The van der Waals surface area contributed by atoms with E-state index in [4.69, 9.17) is 10.8 Å². The van der Waals surface area contributed by atoms with Crippen LogP contribution in [0.1, 0.15) is 6.92 Å². The van der Waals surface area contributed by atoms with E-state index in [0.717, 1.165) is 10.6 Å². The lowest BCUT2D eigenvalue weighted by molar-refractivity contribution is 0.250. The highest BCUT2D eigenvalue weighted by Gasteiger charge is 2.08. The standard InChI is InChI=1S/C12H15N3O2S/c1-7(4-16)5-18-11-3-10-8(2-9(11)13)12(17)15-6-14-10/h2-3,6-7,16H,4-5,13H2,1H3,(H,14,15,17). The van der Waals surface area contributed by atoms with Crippen LogP contribution in [0.5, 0.6) is 0 Å². The molecule has 0 aliphatic heterocycles. The van der Waals surface area contributed by atoms with Gasteiger partial charge in [0.25, 0.3) is 5.56 Å². The minimum atomic E-state index is -0.188. The second-order valence-electron chi connectivity index (χ2n) is 4.24. The molecule has 5 nitrogen and oxygen atoms in total.